The summed E-state index contributed by atoms with van der Waals surface area (Å²) >= 11 is 5.37. The van der Waals surface area contributed by atoms with Crippen LogP contribution in [0, 0.1) is 0 Å². The normalized spacial score (nSPS) is 11.2. The van der Waals surface area contributed by atoms with Gasteiger partial charge in [0.1, 0.15) is 12.7 Å². The molecule has 0 bridgehead atoms. The first-order valence-electron chi connectivity index (χ1n) is 4.68. The van der Waals surface area contributed by atoms with E-state index in [1.807, 2.05) is 60.7 Å². The third-order valence-electron chi connectivity index (χ3n) is 1.96. The maximum absolute atomic E-state index is 5.72. The van der Waals surface area contributed by atoms with E-state index in [9.17, 15) is 0 Å². The monoisotopic (exact) mass is 258 g/mol. The van der Waals surface area contributed by atoms with E-state index < -0.39 is 6.92 Å². The Morgan fingerprint density at radius 3 is 1.88 bits per heavy atom. The second-order valence-electron chi connectivity index (χ2n) is 3.07. The van der Waals surface area contributed by atoms with Gasteiger partial charge in [0, 0.05) is 5.30 Å². The molecule has 1 nitrogen and oxygen atoms in total. The van der Waals surface area contributed by atoms with Gasteiger partial charge in [-0.05, 0) is 12.1 Å². The molecule has 0 aromatic heterocycles. The van der Waals surface area contributed by atoms with Gasteiger partial charge in [0.15, 0.2) is 0 Å². The van der Waals surface area contributed by atoms with E-state index in [-0.39, 0.29) is 29.6 Å². The molecule has 4 heteroatoms. The van der Waals surface area contributed by atoms with Crippen molar-refractivity contribution in [3.8, 4) is 5.75 Å². The van der Waals surface area contributed by atoms with Gasteiger partial charge in [-0.3, -0.25) is 0 Å². The van der Waals surface area contributed by atoms with Gasteiger partial charge in [0.05, 0.1) is 0 Å². The molecule has 0 aliphatic heterocycles. The van der Waals surface area contributed by atoms with E-state index in [1.165, 1.54) is 0 Å². The molecule has 0 spiro atoms. The first-order chi connectivity index (χ1) is 7.36. The zero-order valence-electron chi connectivity index (χ0n) is 8.09. The Balaban J connectivity index is 0.00000128. The molecule has 0 radical (unpaired) electrons. The first-order valence-corrected chi connectivity index (χ1v) is 7.22. The van der Waals surface area contributed by atoms with Crippen LogP contribution in [0.1, 0.15) is 0 Å². The molecule has 2 rings (SSSR count). The Morgan fingerprint density at radius 1 is 0.812 bits per heavy atom. The third-order valence-corrected chi connectivity index (χ3v) is 4.15. The zero-order valence-corrected chi connectivity index (χ0v) is 9.91. The molecule has 0 aliphatic rings. The Morgan fingerprint density at radius 2 is 1.31 bits per heavy atom. The van der Waals surface area contributed by atoms with Crippen molar-refractivity contribution < 1.29 is 4.52 Å². The number of benzene rings is 2. The predicted octanol–water partition coefficient (Wildman–Crippen LogP) is 2.33. The van der Waals surface area contributed by atoms with E-state index in [0.29, 0.717) is 0 Å². The van der Waals surface area contributed by atoms with Crippen molar-refractivity contribution >= 4 is 53.6 Å². The van der Waals surface area contributed by atoms with Crippen LogP contribution in [0.4, 0.5) is 0 Å². The molecule has 0 fully saturated rings. The Hall–Kier alpha value is -0.110. The van der Waals surface area contributed by atoms with Gasteiger partial charge in [0.25, 0.3) is 0 Å². The van der Waals surface area contributed by atoms with Crippen LogP contribution in [0.2, 0.25) is 0 Å². The van der Waals surface area contributed by atoms with Crippen molar-refractivity contribution in [3.05, 3.63) is 60.7 Å². The fraction of sp³-hybridized carbons (Fsp3) is 0. The van der Waals surface area contributed by atoms with Crippen LogP contribution < -0.4 is 9.83 Å². The van der Waals surface area contributed by atoms with Gasteiger partial charge >= 0.3 is 29.6 Å². The molecule has 0 saturated carbocycles. The van der Waals surface area contributed by atoms with Gasteiger partial charge in [0.2, 0.25) is 0 Å². The SMILES string of the molecule is S=[PH](Oc1ccccc1)c1ccccc1.[NaH]. The zero-order chi connectivity index (χ0) is 10.5. The number of hydrogen-bond donors (Lipinski definition) is 0. The van der Waals surface area contributed by atoms with Gasteiger partial charge in [-0.15, -0.1) is 0 Å². The minimum absolute atomic E-state index is 0. The Labute approximate surface area is 124 Å². The number of rotatable bonds is 3. The molecular formula is C12H12NaOPS. The average molecular weight is 258 g/mol. The Bertz CT molecular complexity index is 447. The predicted molar refractivity (Wildman–Crippen MR) is 76.0 cm³/mol. The number of hydrogen-bond acceptors (Lipinski definition) is 2. The molecule has 1 unspecified atom stereocenters. The molecule has 0 heterocycles. The van der Waals surface area contributed by atoms with Crippen molar-refractivity contribution in [2.75, 3.05) is 0 Å². The van der Waals surface area contributed by atoms with Crippen LogP contribution >= 0.6 is 6.92 Å². The fourth-order valence-corrected chi connectivity index (χ4v) is 2.86. The van der Waals surface area contributed by atoms with Crippen molar-refractivity contribution in [2.24, 2.45) is 0 Å². The number of para-hydroxylation sites is 1. The van der Waals surface area contributed by atoms with Gasteiger partial charge in [-0.25, -0.2) is 0 Å². The fourth-order valence-electron chi connectivity index (χ4n) is 1.23. The summed E-state index contributed by atoms with van der Waals surface area (Å²) in [6, 6.07) is 19.7. The average Bonchev–Trinajstić information content (AvgIpc) is 2.31. The topological polar surface area (TPSA) is 9.23 Å². The summed E-state index contributed by atoms with van der Waals surface area (Å²) in [6.07, 6.45) is 0. The molecule has 0 aliphatic carbocycles. The van der Waals surface area contributed by atoms with Crippen molar-refractivity contribution in [1.82, 2.24) is 0 Å². The van der Waals surface area contributed by atoms with Crippen LogP contribution in [0.3, 0.4) is 0 Å². The summed E-state index contributed by atoms with van der Waals surface area (Å²) in [4.78, 5) is 0. The van der Waals surface area contributed by atoms with Crippen LogP contribution in [0.5, 0.6) is 5.75 Å². The minimum atomic E-state index is -1.34. The van der Waals surface area contributed by atoms with E-state index in [0.717, 1.165) is 11.1 Å². The summed E-state index contributed by atoms with van der Waals surface area (Å²) in [7, 11) is 0. The molecule has 0 saturated heterocycles. The molecule has 16 heavy (non-hydrogen) atoms. The van der Waals surface area contributed by atoms with Crippen LogP contribution in [0.15, 0.2) is 60.7 Å². The van der Waals surface area contributed by atoms with Crippen LogP contribution in [-0.2, 0) is 11.8 Å². The van der Waals surface area contributed by atoms with E-state index in [2.05, 4.69) is 0 Å². The summed E-state index contributed by atoms with van der Waals surface area (Å²) in [5.41, 5.74) is 0. The maximum atomic E-state index is 5.72. The summed E-state index contributed by atoms with van der Waals surface area (Å²) in [6.45, 7) is -1.34. The summed E-state index contributed by atoms with van der Waals surface area (Å²) in [5, 5.41) is 1.11. The third kappa shape index (κ3) is 4.04. The standard InChI is InChI=1S/C12H11OPS.Na.H/c15-14(12-9-5-2-6-10-12)13-11-7-3-1-4-8-11;;/h1-10,14H;;. The van der Waals surface area contributed by atoms with E-state index in [1.54, 1.807) is 0 Å². The van der Waals surface area contributed by atoms with Gasteiger partial charge in [-0.2, -0.15) is 0 Å². The summed E-state index contributed by atoms with van der Waals surface area (Å²) in [5.74, 6) is 0.852. The quantitative estimate of drug-likeness (QED) is 0.617. The van der Waals surface area contributed by atoms with Crippen LogP contribution in [0.25, 0.3) is 0 Å². The van der Waals surface area contributed by atoms with E-state index >= 15 is 0 Å². The van der Waals surface area contributed by atoms with Gasteiger partial charge in [-0.1, -0.05) is 60.3 Å². The van der Waals surface area contributed by atoms with E-state index in [4.69, 9.17) is 16.3 Å². The van der Waals surface area contributed by atoms with Crippen molar-refractivity contribution in [3.63, 3.8) is 0 Å². The second kappa shape index (κ2) is 7.26. The molecule has 2 aromatic carbocycles. The molecule has 0 N–H and O–H groups in total. The summed E-state index contributed by atoms with van der Waals surface area (Å²) < 4.78 is 5.72. The Kier molecular flexibility index (Phi) is 6.33. The van der Waals surface area contributed by atoms with Crippen molar-refractivity contribution in [2.45, 2.75) is 0 Å². The molecule has 1 atom stereocenters. The second-order valence-corrected chi connectivity index (χ2v) is 5.54. The molecular weight excluding hydrogens is 246 g/mol. The van der Waals surface area contributed by atoms with Crippen LogP contribution in [-0.4, -0.2) is 29.6 Å². The molecule has 78 valence electrons. The molecule has 0 amide bonds. The molecule has 2 aromatic rings. The first kappa shape index (κ1) is 14.0. The van der Waals surface area contributed by atoms with Crippen molar-refractivity contribution in [1.29, 1.82) is 0 Å². The van der Waals surface area contributed by atoms with Gasteiger partial charge < -0.3 is 4.52 Å².